The number of benzene rings is 2. The van der Waals surface area contributed by atoms with Gasteiger partial charge in [0.05, 0.1) is 10.2 Å². The summed E-state index contributed by atoms with van der Waals surface area (Å²) in [5.41, 5.74) is 2.65. The molecule has 1 unspecified atom stereocenters. The summed E-state index contributed by atoms with van der Waals surface area (Å²) in [6, 6.07) is 16.0. The third kappa shape index (κ3) is 2.88. The molecular weight excluding hydrogens is 414 g/mol. The van der Waals surface area contributed by atoms with Crippen molar-refractivity contribution >= 4 is 60.2 Å². The number of rotatable bonds is 4. The van der Waals surface area contributed by atoms with E-state index in [4.69, 9.17) is 0 Å². The highest BCUT2D eigenvalue weighted by Gasteiger charge is 2.35. The Morgan fingerprint density at radius 2 is 1.93 bits per heavy atom. The molecule has 4 aromatic rings. The van der Waals surface area contributed by atoms with Crippen LogP contribution in [-0.2, 0) is 14.8 Å². The Balaban J connectivity index is 1.54. The fraction of sp³-hybridized carbons (Fsp3) is 0.0526. The Hall–Kier alpha value is -2.75. The quantitative estimate of drug-likeness (QED) is 0.510. The Morgan fingerprint density at radius 3 is 2.71 bits per heavy atom. The Kier molecular flexibility index (Phi) is 3.97. The van der Waals surface area contributed by atoms with E-state index >= 15 is 0 Å². The third-order valence-electron chi connectivity index (χ3n) is 4.45. The molecule has 0 fully saturated rings. The van der Waals surface area contributed by atoms with E-state index in [0.717, 1.165) is 27.1 Å². The standard InChI is InChI=1S/C19H13N3O3S3/c23-18-17(19-21-14-4-1-2-5-15(14)27-19)12-10-11(7-8-13(12)20-18)22-28(24,25)16-6-3-9-26-16/h1-10,17,22H,(H,20,23). The lowest BCUT2D eigenvalue weighted by Crippen LogP contribution is -2.13. The van der Waals surface area contributed by atoms with Crippen molar-refractivity contribution in [3.8, 4) is 0 Å². The molecule has 1 aliphatic rings. The largest absolute Gasteiger partial charge is 0.325 e. The van der Waals surface area contributed by atoms with E-state index in [1.54, 1.807) is 35.7 Å². The summed E-state index contributed by atoms with van der Waals surface area (Å²) in [6.45, 7) is 0. The van der Waals surface area contributed by atoms with Crippen LogP contribution in [-0.4, -0.2) is 19.3 Å². The number of sulfonamides is 1. The summed E-state index contributed by atoms with van der Waals surface area (Å²) in [6.07, 6.45) is 0. The van der Waals surface area contributed by atoms with Crippen molar-refractivity contribution in [1.29, 1.82) is 0 Å². The zero-order valence-electron chi connectivity index (χ0n) is 14.2. The van der Waals surface area contributed by atoms with Crippen molar-refractivity contribution in [2.75, 3.05) is 10.0 Å². The number of anilines is 2. The molecule has 0 saturated carbocycles. The molecule has 1 atom stereocenters. The monoisotopic (exact) mass is 427 g/mol. The first-order chi connectivity index (χ1) is 13.5. The molecule has 0 aliphatic carbocycles. The average Bonchev–Trinajstić information content (AvgIpc) is 3.38. The van der Waals surface area contributed by atoms with Gasteiger partial charge in [-0.15, -0.1) is 22.7 Å². The van der Waals surface area contributed by atoms with Gasteiger partial charge in [-0.1, -0.05) is 18.2 Å². The predicted octanol–water partition coefficient (Wildman–Crippen LogP) is 4.24. The number of hydrogen-bond donors (Lipinski definition) is 2. The van der Waals surface area contributed by atoms with Crippen molar-refractivity contribution in [1.82, 2.24) is 4.98 Å². The molecule has 2 aromatic carbocycles. The summed E-state index contributed by atoms with van der Waals surface area (Å²) in [7, 11) is -3.65. The van der Waals surface area contributed by atoms with Crippen LogP contribution in [0.5, 0.6) is 0 Å². The SMILES string of the molecule is O=C1Nc2ccc(NS(=O)(=O)c3cccs3)cc2C1c1nc2ccccc2s1. The topological polar surface area (TPSA) is 88.2 Å². The van der Waals surface area contributed by atoms with Crippen molar-refractivity contribution < 1.29 is 13.2 Å². The van der Waals surface area contributed by atoms with Gasteiger partial charge in [-0.05, 0) is 47.3 Å². The Morgan fingerprint density at radius 1 is 1.07 bits per heavy atom. The second-order valence-electron chi connectivity index (χ2n) is 6.28. The number of hydrogen-bond acceptors (Lipinski definition) is 6. The lowest BCUT2D eigenvalue weighted by Gasteiger charge is -2.10. The molecule has 28 heavy (non-hydrogen) atoms. The molecule has 0 saturated heterocycles. The second-order valence-corrected chi connectivity index (χ2v) is 10.2. The van der Waals surface area contributed by atoms with Crippen LogP contribution >= 0.6 is 22.7 Å². The highest BCUT2D eigenvalue weighted by atomic mass is 32.2. The molecule has 0 bridgehead atoms. The second kappa shape index (κ2) is 6.40. The molecule has 1 aliphatic heterocycles. The fourth-order valence-corrected chi connectivity index (χ4v) is 6.33. The fourth-order valence-electron chi connectivity index (χ4n) is 3.21. The van der Waals surface area contributed by atoms with Crippen LogP contribution in [0, 0.1) is 0 Å². The molecule has 1 amide bonds. The van der Waals surface area contributed by atoms with Crippen LogP contribution in [0.3, 0.4) is 0 Å². The average molecular weight is 428 g/mol. The molecule has 2 N–H and O–H groups in total. The molecule has 140 valence electrons. The van der Waals surface area contributed by atoms with Gasteiger partial charge in [0.15, 0.2) is 0 Å². The van der Waals surface area contributed by atoms with E-state index in [2.05, 4.69) is 15.0 Å². The number of thiazole rings is 1. The van der Waals surface area contributed by atoms with Crippen LogP contribution in [0.4, 0.5) is 11.4 Å². The molecule has 6 nitrogen and oxygen atoms in total. The summed E-state index contributed by atoms with van der Waals surface area (Å²) >= 11 is 2.62. The number of carbonyl (C=O) groups is 1. The van der Waals surface area contributed by atoms with Gasteiger partial charge in [0.25, 0.3) is 10.0 Å². The van der Waals surface area contributed by atoms with Crippen molar-refractivity contribution in [2.24, 2.45) is 0 Å². The summed E-state index contributed by atoms with van der Waals surface area (Å²) in [5, 5.41) is 5.26. The minimum absolute atomic E-state index is 0.160. The van der Waals surface area contributed by atoms with E-state index in [1.165, 1.54) is 11.3 Å². The van der Waals surface area contributed by atoms with E-state index in [-0.39, 0.29) is 10.1 Å². The smallest absolute Gasteiger partial charge is 0.271 e. The number of nitrogens with zero attached hydrogens (tertiary/aromatic N) is 1. The zero-order chi connectivity index (χ0) is 19.3. The maximum absolute atomic E-state index is 12.6. The summed E-state index contributed by atoms with van der Waals surface area (Å²) < 4.78 is 28.8. The molecular formula is C19H13N3O3S3. The predicted molar refractivity (Wildman–Crippen MR) is 112 cm³/mol. The summed E-state index contributed by atoms with van der Waals surface area (Å²) in [4.78, 5) is 17.2. The Labute approximate surface area is 168 Å². The molecule has 9 heteroatoms. The number of amides is 1. The lowest BCUT2D eigenvalue weighted by molar-refractivity contribution is -0.116. The molecule has 0 spiro atoms. The molecule has 5 rings (SSSR count). The number of aromatic nitrogens is 1. The minimum Gasteiger partial charge on any atom is -0.325 e. The van der Waals surface area contributed by atoms with Crippen LogP contribution in [0.15, 0.2) is 64.2 Å². The first kappa shape index (κ1) is 17.4. The van der Waals surface area contributed by atoms with Crippen LogP contribution in [0.2, 0.25) is 0 Å². The van der Waals surface area contributed by atoms with Gasteiger partial charge in [-0.3, -0.25) is 9.52 Å². The number of fused-ring (bicyclic) bond motifs is 2. The third-order valence-corrected chi connectivity index (χ3v) is 8.33. The maximum Gasteiger partial charge on any atom is 0.271 e. The first-order valence-corrected chi connectivity index (χ1v) is 11.6. The van der Waals surface area contributed by atoms with Crippen molar-refractivity contribution in [3.63, 3.8) is 0 Å². The van der Waals surface area contributed by atoms with E-state index < -0.39 is 15.9 Å². The molecule has 3 heterocycles. The van der Waals surface area contributed by atoms with Gasteiger partial charge in [0, 0.05) is 11.4 Å². The first-order valence-electron chi connectivity index (χ1n) is 8.38. The highest BCUT2D eigenvalue weighted by Crippen LogP contribution is 2.41. The van der Waals surface area contributed by atoms with Gasteiger partial charge >= 0.3 is 0 Å². The lowest BCUT2D eigenvalue weighted by atomic mass is 10.0. The normalized spacial score (nSPS) is 16.1. The molecule has 2 aromatic heterocycles. The van der Waals surface area contributed by atoms with E-state index in [9.17, 15) is 13.2 Å². The van der Waals surface area contributed by atoms with E-state index in [0.29, 0.717) is 16.4 Å². The van der Waals surface area contributed by atoms with Crippen molar-refractivity contribution in [3.05, 3.63) is 70.5 Å². The van der Waals surface area contributed by atoms with Crippen LogP contribution in [0.25, 0.3) is 10.2 Å². The number of thiophene rings is 1. The zero-order valence-corrected chi connectivity index (χ0v) is 16.7. The Bertz CT molecular complexity index is 1280. The van der Waals surface area contributed by atoms with Crippen molar-refractivity contribution in [2.45, 2.75) is 10.1 Å². The maximum atomic E-state index is 12.6. The number of nitrogens with one attached hydrogen (secondary N) is 2. The van der Waals surface area contributed by atoms with Gasteiger partial charge in [-0.25, -0.2) is 13.4 Å². The number of carbonyl (C=O) groups excluding carboxylic acids is 1. The van der Waals surface area contributed by atoms with E-state index in [1.807, 2.05) is 24.3 Å². The minimum atomic E-state index is -3.65. The summed E-state index contributed by atoms with van der Waals surface area (Å²) in [5.74, 6) is -0.717. The number of para-hydroxylation sites is 1. The highest BCUT2D eigenvalue weighted by molar-refractivity contribution is 7.94. The van der Waals surface area contributed by atoms with Crippen LogP contribution < -0.4 is 10.0 Å². The van der Waals surface area contributed by atoms with Gasteiger partial charge < -0.3 is 5.32 Å². The van der Waals surface area contributed by atoms with Gasteiger partial charge in [0.1, 0.15) is 15.1 Å². The van der Waals surface area contributed by atoms with Gasteiger partial charge in [-0.2, -0.15) is 0 Å². The van der Waals surface area contributed by atoms with Gasteiger partial charge in [0.2, 0.25) is 5.91 Å². The van der Waals surface area contributed by atoms with Crippen LogP contribution in [0.1, 0.15) is 16.5 Å². The molecule has 0 radical (unpaired) electrons.